The van der Waals surface area contributed by atoms with E-state index in [4.69, 9.17) is 0 Å². The minimum atomic E-state index is -0.327. The van der Waals surface area contributed by atoms with Gasteiger partial charge in [0, 0.05) is 31.2 Å². The first-order valence-electron chi connectivity index (χ1n) is 7.53. The molecule has 1 saturated heterocycles. The molecule has 1 amide bonds. The van der Waals surface area contributed by atoms with Crippen molar-refractivity contribution in [3.8, 4) is 0 Å². The summed E-state index contributed by atoms with van der Waals surface area (Å²) in [5.41, 5.74) is 1.79. The molecule has 1 aliphatic rings. The molecular weight excluding hydrogens is 279 g/mol. The van der Waals surface area contributed by atoms with Crippen molar-refractivity contribution in [3.05, 3.63) is 71.5 Å². The molecule has 1 atom stereocenters. The summed E-state index contributed by atoms with van der Waals surface area (Å²) in [5.74, 6) is -0.460. The van der Waals surface area contributed by atoms with Crippen molar-refractivity contribution in [2.24, 2.45) is 0 Å². The fraction of sp³-hybridized carbons (Fsp3) is 0.278. The fourth-order valence-electron chi connectivity index (χ4n) is 2.81. The third kappa shape index (κ3) is 3.71. The van der Waals surface area contributed by atoms with Gasteiger partial charge in [0.15, 0.2) is 0 Å². The molecule has 0 aliphatic carbocycles. The van der Waals surface area contributed by atoms with Crippen LogP contribution >= 0.6 is 0 Å². The van der Waals surface area contributed by atoms with Crippen LogP contribution in [-0.4, -0.2) is 29.9 Å². The minimum absolute atomic E-state index is 0.133. The lowest BCUT2D eigenvalue weighted by molar-refractivity contribution is 0.0937. The summed E-state index contributed by atoms with van der Waals surface area (Å²) in [6.07, 6.45) is 0.944. The molecule has 2 aromatic rings. The van der Waals surface area contributed by atoms with Crippen molar-refractivity contribution in [1.82, 2.24) is 10.2 Å². The zero-order valence-electron chi connectivity index (χ0n) is 12.3. The fourth-order valence-corrected chi connectivity index (χ4v) is 2.81. The summed E-state index contributed by atoms with van der Waals surface area (Å²) in [6, 6.07) is 16.1. The van der Waals surface area contributed by atoms with Crippen molar-refractivity contribution in [1.29, 1.82) is 0 Å². The van der Waals surface area contributed by atoms with E-state index >= 15 is 0 Å². The maximum atomic E-state index is 12.9. The molecule has 0 saturated carbocycles. The molecule has 0 aromatic heterocycles. The van der Waals surface area contributed by atoms with Crippen LogP contribution < -0.4 is 5.32 Å². The van der Waals surface area contributed by atoms with Gasteiger partial charge in [0.2, 0.25) is 0 Å². The second-order valence-electron chi connectivity index (χ2n) is 5.69. The Balaban J connectivity index is 1.52. The van der Waals surface area contributed by atoms with Gasteiger partial charge in [-0.2, -0.15) is 0 Å². The highest BCUT2D eigenvalue weighted by atomic mass is 19.1. The van der Waals surface area contributed by atoms with Gasteiger partial charge in [-0.05, 0) is 36.2 Å². The van der Waals surface area contributed by atoms with Crippen LogP contribution in [0.25, 0.3) is 0 Å². The summed E-state index contributed by atoms with van der Waals surface area (Å²) >= 11 is 0. The van der Waals surface area contributed by atoms with E-state index in [0.717, 1.165) is 26.1 Å². The van der Waals surface area contributed by atoms with Gasteiger partial charge in [0.05, 0.1) is 0 Å². The van der Waals surface area contributed by atoms with E-state index in [1.54, 1.807) is 0 Å². The Morgan fingerprint density at radius 1 is 1.14 bits per heavy atom. The van der Waals surface area contributed by atoms with E-state index in [1.165, 1.54) is 29.8 Å². The largest absolute Gasteiger partial charge is 0.348 e. The number of halogens is 1. The third-order valence-electron chi connectivity index (χ3n) is 3.96. The molecular formula is C18H19FN2O. The Morgan fingerprint density at radius 3 is 2.59 bits per heavy atom. The highest BCUT2D eigenvalue weighted by molar-refractivity contribution is 5.94. The first-order valence-corrected chi connectivity index (χ1v) is 7.53. The third-order valence-corrected chi connectivity index (χ3v) is 3.96. The Bertz CT molecular complexity index is 627. The van der Waals surface area contributed by atoms with E-state index in [0.29, 0.717) is 5.56 Å². The van der Waals surface area contributed by atoms with Gasteiger partial charge < -0.3 is 5.32 Å². The Hall–Kier alpha value is -2.20. The average molecular weight is 298 g/mol. The number of carbonyl (C=O) groups is 1. The van der Waals surface area contributed by atoms with Crippen molar-refractivity contribution in [2.45, 2.75) is 19.0 Å². The van der Waals surface area contributed by atoms with Gasteiger partial charge in [0.25, 0.3) is 5.91 Å². The molecule has 0 bridgehead atoms. The lowest BCUT2D eigenvalue weighted by Gasteiger charge is -2.16. The second-order valence-corrected chi connectivity index (χ2v) is 5.69. The van der Waals surface area contributed by atoms with Gasteiger partial charge in [-0.25, -0.2) is 4.39 Å². The van der Waals surface area contributed by atoms with Crippen molar-refractivity contribution >= 4 is 5.91 Å². The van der Waals surface area contributed by atoms with Crippen LogP contribution in [0.4, 0.5) is 4.39 Å². The van der Waals surface area contributed by atoms with Crippen molar-refractivity contribution in [2.75, 3.05) is 13.1 Å². The highest BCUT2D eigenvalue weighted by Crippen LogP contribution is 2.14. The molecule has 114 valence electrons. The SMILES string of the molecule is O=C(N[C@@H]1CCN(Cc2ccccc2)C1)c1ccc(F)cc1. The van der Waals surface area contributed by atoms with E-state index in [2.05, 4.69) is 22.3 Å². The van der Waals surface area contributed by atoms with Crippen LogP contribution in [0.1, 0.15) is 22.3 Å². The van der Waals surface area contributed by atoms with E-state index in [1.807, 2.05) is 18.2 Å². The van der Waals surface area contributed by atoms with Crippen LogP contribution in [-0.2, 0) is 6.54 Å². The number of hydrogen-bond acceptors (Lipinski definition) is 2. The number of nitrogens with one attached hydrogen (secondary N) is 1. The molecule has 4 heteroatoms. The van der Waals surface area contributed by atoms with Gasteiger partial charge >= 0.3 is 0 Å². The Labute approximate surface area is 129 Å². The monoisotopic (exact) mass is 298 g/mol. The molecule has 1 heterocycles. The normalized spacial score (nSPS) is 18.3. The lowest BCUT2D eigenvalue weighted by Crippen LogP contribution is -2.36. The molecule has 1 fully saturated rings. The maximum Gasteiger partial charge on any atom is 0.251 e. The van der Waals surface area contributed by atoms with Crippen molar-refractivity contribution < 1.29 is 9.18 Å². The molecule has 3 nitrogen and oxygen atoms in total. The van der Waals surface area contributed by atoms with Gasteiger partial charge in [-0.1, -0.05) is 30.3 Å². The molecule has 2 aromatic carbocycles. The maximum absolute atomic E-state index is 12.9. The van der Waals surface area contributed by atoms with E-state index < -0.39 is 0 Å². The molecule has 1 N–H and O–H groups in total. The first kappa shape index (κ1) is 14.7. The van der Waals surface area contributed by atoms with Crippen LogP contribution in [0, 0.1) is 5.82 Å². The predicted octanol–water partition coefficient (Wildman–Crippen LogP) is 2.83. The van der Waals surface area contributed by atoms with Crippen molar-refractivity contribution in [3.63, 3.8) is 0 Å². The Morgan fingerprint density at radius 2 is 1.86 bits per heavy atom. The average Bonchev–Trinajstić information content (AvgIpc) is 2.96. The van der Waals surface area contributed by atoms with Crippen LogP contribution in [0.5, 0.6) is 0 Å². The van der Waals surface area contributed by atoms with E-state index in [9.17, 15) is 9.18 Å². The summed E-state index contributed by atoms with van der Waals surface area (Å²) in [4.78, 5) is 14.5. The number of likely N-dealkylation sites (tertiary alicyclic amines) is 1. The van der Waals surface area contributed by atoms with Crippen LogP contribution in [0.3, 0.4) is 0 Å². The minimum Gasteiger partial charge on any atom is -0.348 e. The molecule has 1 aliphatic heterocycles. The summed E-state index contributed by atoms with van der Waals surface area (Å²) < 4.78 is 12.9. The smallest absolute Gasteiger partial charge is 0.251 e. The standard InChI is InChI=1S/C18H19FN2O/c19-16-8-6-15(7-9-16)18(22)20-17-10-11-21(13-17)12-14-4-2-1-3-5-14/h1-9,17H,10-13H2,(H,20,22)/t17-/m1/s1. The molecule has 0 spiro atoms. The number of rotatable bonds is 4. The van der Waals surface area contributed by atoms with Gasteiger partial charge in [-0.3, -0.25) is 9.69 Å². The number of hydrogen-bond donors (Lipinski definition) is 1. The predicted molar refractivity (Wildman–Crippen MR) is 84.0 cm³/mol. The van der Waals surface area contributed by atoms with Crippen LogP contribution in [0.2, 0.25) is 0 Å². The number of amides is 1. The first-order chi connectivity index (χ1) is 10.7. The van der Waals surface area contributed by atoms with Gasteiger partial charge in [0.1, 0.15) is 5.82 Å². The van der Waals surface area contributed by atoms with Crippen LogP contribution in [0.15, 0.2) is 54.6 Å². The number of carbonyl (C=O) groups excluding carboxylic acids is 1. The number of nitrogens with zero attached hydrogens (tertiary/aromatic N) is 1. The zero-order valence-corrected chi connectivity index (χ0v) is 12.3. The lowest BCUT2D eigenvalue weighted by atomic mass is 10.2. The second kappa shape index (κ2) is 6.71. The number of benzene rings is 2. The Kier molecular flexibility index (Phi) is 4.49. The molecule has 0 radical (unpaired) electrons. The quantitative estimate of drug-likeness (QED) is 0.941. The summed E-state index contributed by atoms with van der Waals surface area (Å²) in [5, 5.41) is 3.03. The summed E-state index contributed by atoms with van der Waals surface area (Å²) in [7, 11) is 0. The summed E-state index contributed by atoms with van der Waals surface area (Å²) in [6.45, 7) is 2.73. The molecule has 3 rings (SSSR count). The highest BCUT2D eigenvalue weighted by Gasteiger charge is 2.24. The molecule has 0 unspecified atom stereocenters. The van der Waals surface area contributed by atoms with Gasteiger partial charge in [-0.15, -0.1) is 0 Å². The van der Waals surface area contributed by atoms with E-state index in [-0.39, 0.29) is 17.8 Å². The molecule has 22 heavy (non-hydrogen) atoms. The zero-order chi connectivity index (χ0) is 15.4. The topological polar surface area (TPSA) is 32.3 Å².